The Labute approximate surface area is 126 Å². The van der Waals surface area contributed by atoms with Gasteiger partial charge in [0.1, 0.15) is 0 Å². The third kappa shape index (κ3) is 4.73. The van der Waals surface area contributed by atoms with Crippen molar-refractivity contribution in [2.75, 3.05) is 0 Å². The van der Waals surface area contributed by atoms with Crippen LogP contribution < -0.4 is 5.32 Å². The number of aromatic nitrogens is 1. The van der Waals surface area contributed by atoms with Gasteiger partial charge in [-0.3, -0.25) is 0 Å². The van der Waals surface area contributed by atoms with E-state index in [9.17, 15) is 0 Å². The molecule has 0 spiro atoms. The summed E-state index contributed by atoms with van der Waals surface area (Å²) in [5.74, 6) is 0. The van der Waals surface area contributed by atoms with E-state index in [2.05, 4.69) is 66.8 Å². The second-order valence-electron chi connectivity index (χ2n) is 5.81. The molecule has 0 aliphatic carbocycles. The minimum atomic E-state index is 0.131. The molecule has 0 fully saturated rings. The molecule has 1 N–H and O–H groups in total. The van der Waals surface area contributed by atoms with Gasteiger partial charge in [0, 0.05) is 17.5 Å². The smallest absolute Gasteiger partial charge is 0.0926 e. The quantitative estimate of drug-likeness (QED) is 0.825. The largest absolute Gasteiger partial charge is 0.306 e. The van der Waals surface area contributed by atoms with E-state index in [-0.39, 0.29) is 5.54 Å². The highest BCUT2D eigenvalue weighted by atomic mass is 32.1. The number of nitrogens with one attached hydrogen (secondary N) is 1. The number of hydrogen-bond acceptors (Lipinski definition) is 3. The molecule has 1 aromatic heterocycles. The summed E-state index contributed by atoms with van der Waals surface area (Å²) < 4.78 is 0. The van der Waals surface area contributed by atoms with Crippen LogP contribution in [0.2, 0.25) is 0 Å². The van der Waals surface area contributed by atoms with Crippen molar-refractivity contribution in [3.8, 4) is 0 Å². The average Bonchev–Trinajstić information content (AvgIpc) is 2.93. The van der Waals surface area contributed by atoms with E-state index >= 15 is 0 Å². The molecule has 0 radical (unpaired) electrons. The number of benzene rings is 1. The first-order valence-electron chi connectivity index (χ1n) is 7.31. The van der Waals surface area contributed by atoms with Crippen molar-refractivity contribution >= 4 is 11.3 Å². The van der Waals surface area contributed by atoms with Gasteiger partial charge in [-0.15, -0.1) is 11.3 Å². The van der Waals surface area contributed by atoms with E-state index in [0.717, 1.165) is 25.8 Å². The third-order valence-corrected chi connectivity index (χ3v) is 4.57. The second kappa shape index (κ2) is 7.00. The standard InChI is InChI=1S/C17H24N2S/c1-4-16-19-15(13-20-16)12-18-17(2,3)11-10-14-8-6-5-7-9-14/h5-9,13,18H,4,10-12H2,1-3H3. The molecule has 0 bridgehead atoms. The van der Waals surface area contributed by atoms with Crippen LogP contribution in [0.4, 0.5) is 0 Å². The molecular formula is C17H24N2S. The Morgan fingerprint density at radius 1 is 1.20 bits per heavy atom. The number of hydrogen-bond donors (Lipinski definition) is 1. The van der Waals surface area contributed by atoms with E-state index in [1.807, 2.05) is 0 Å². The molecule has 108 valence electrons. The maximum atomic E-state index is 4.61. The maximum absolute atomic E-state index is 4.61. The lowest BCUT2D eigenvalue weighted by Gasteiger charge is -2.26. The van der Waals surface area contributed by atoms with Crippen LogP contribution in [-0.4, -0.2) is 10.5 Å². The van der Waals surface area contributed by atoms with Gasteiger partial charge < -0.3 is 5.32 Å². The highest BCUT2D eigenvalue weighted by Gasteiger charge is 2.17. The lowest BCUT2D eigenvalue weighted by Crippen LogP contribution is -2.39. The van der Waals surface area contributed by atoms with E-state index in [4.69, 9.17) is 0 Å². The molecule has 0 amide bonds. The summed E-state index contributed by atoms with van der Waals surface area (Å²) in [7, 11) is 0. The predicted molar refractivity (Wildman–Crippen MR) is 87.2 cm³/mol. The van der Waals surface area contributed by atoms with Gasteiger partial charge >= 0.3 is 0 Å². The van der Waals surface area contributed by atoms with Crippen LogP contribution in [0.3, 0.4) is 0 Å². The van der Waals surface area contributed by atoms with Crippen molar-refractivity contribution in [3.63, 3.8) is 0 Å². The Hall–Kier alpha value is -1.19. The zero-order valence-corrected chi connectivity index (χ0v) is 13.5. The van der Waals surface area contributed by atoms with Gasteiger partial charge in [0.05, 0.1) is 10.7 Å². The lowest BCUT2D eigenvalue weighted by molar-refractivity contribution is 0.358. The van der Waals surface area contributed by atoms with E-state index in [1.165, 1.54) is 16.3 Å². The Bertz CT molecular complexity index is 517. The van der Waals surface area contributed by atoms with E-state index in [0.29, 0.717) is 0 Å². The lowest BCUT2D eigenvalue weighted by atomic mass is 9.95. The Kier molecular flexibility index (Phi) is 5.32. The van der Waals surface area contributed by atoms with Gasteiger partial charge in [0.25, 0.3) is 0 Å². The second-order valence-corrected chi connectivity index (χ2v) is 6.75. The molecule has 2 aromatic rings. The summed E-state index contributed by atoms with van der Waals surface area (Å²) in [5.41, 5.74) is 2.70. The van der Waals surface area contributed by atoms with Gasteiger partial charge in [-0.25, -0.2) is 4.98 Å². The number of rotatable bonds is 7. The highest BCUT2D eigenvalue weighted by molar-refractivity contribution is 7.09. The van der Waals surface area contributed by atoms with Crippen LogP contribution in [0.15, 0.2) is 35.7 Å². The molecule has 2 nitrogen and oxygen atoms in total. The SMILES string of the molecule is CCc1nc(CNC(C)(C)CCc2ccccc2)cs1. The monoisotopic (exact) mass is 288 g/mol. The van der Waals surface area contributed by atoms with Gasteiger partial charge in [-0.05, 0) is 38.7 Å². The zero-order valence-electron chi connectivity index (χ0n) is 12.6. The topological polar surface area (TPSA) is 24.9 Å². The summed E-state index contributed by atoms with van der Waals surface area (Å²) in [6.07, 6.45) is 3.27. The van der Waals surface area contributed by atoms with Crippen LogP contribution in [0, 0.1) is 0 Å². The molecule has 0 aliphatic rings. The summed E-state index contributed by atoms with van der Waals surface area (Å²) in [4.78, 5) is 4.61. The molecular weight excluding hydrogens is 264 g/mol. The van der Waals surface area contributed by atoms with Crippen LogP contribution in [0.5, 0.6) is 0 Å². The number of thiazole rings is 1. The van der Waals surface area contributed by atoms with Crippen LogP contribution >= 0.6 is 11.3 Å². The number of aryl methyl sites for hydroxylation is 2. The van der Waals surface area contributed by atoms with Gasteiger partial charge in [0.2, 0.25) is 0 Å². The molecule has 2 rings (SSSR count). The van der Waals surface area contributed by atoms with Gasteiger partial charge in [0.15, 0.2) is 0 Å². The molecule has 0 unspecified atom stereocenters. The molecule has 3 heteroatoms. The molecule has 0 saturated heterocycles. The first-order chi connectivity index (χ1) is 9.59. The number of nitrogens with zero attached hydrogens (tertiary/aromatic N) is 1. The fraction of sp³-hybridized carbons (Fsp3) is 0.471. The molecule has 0 atom stereocenters. The maximum Gasteiger partial charge on any atom is 0.0926 e. The summed E-state index contributed by atoms with van der Waals surface area (Å²) >= 11 is 1.76. The van der Waals surface area contributed by atoms with Crippen LogP contribution in [-0.2, 0) is 19.4 Å². The van der Waals surface area contributed by atoms with Crippen molar-refractivity contribution in [1.29, 1.82) is 0 Å². The van der Waals surface area contributed by atoms with Crippen molar-refractivity contribution < 1.29 is 0 Å². The van der Waals surface area contributed by atoms with Gasteiger partial charge in [-0.1, -0.05) is 37.3 Å². The molecule has 0 aliphatic heterocycles. The van der Waals surface area contributed by atoms with Crippen LogP contribution in [0.1, 0.15) is 43.5 Å². The first-order valence-corrected chi connectivity index (χ1v) is 8.19. The highest BCUT2D eigenvalue weighted by Crippen LogP contribution is 2.16. The Balaban J connectivity index is 1.81. The average molecular weight is 288 g/mol. The normalized spacial score (nSPS) is 11.8. The molecule has 20 heavy (non-hydrogen) atoms. The van der Waals surface area contributed by atoms with Gasteiger partial charge in [-0.2, -0.15) is 0 Å². The van der Waals surface area contributed by atoms with E-state index < -0.39 is 0 Å². The fourth-order valence-electron chi connectivity index (χ4n) is 2.11. The van der Waals surface area contributed by atoms with Crippen molar-refractivity contribution in [2.45, 2.75) is 52.1 Å². The fourth-order valence-corrected chi connectivity index (χ4v) is 2.86. The Morgan fingerprint density at radius 2 is 1.95 bits per heavy atom. The predicted octanol–water partition coefficient (Wildman–Crippen LogP) is 4.21. The van der Waals surface area contributed by atoms with Crippen LogP contribution in [0.25, 0.3) is 0 Å². The Morgan fingerprint density at radius 3 is 2.60 bits per heavy atom. The first kappa shape index (κ1) is 15.2. The summed E-state index contributed by atoms with van der Waals surface area (Å²) in [5, 5.41) is 7.02. The zero-order chi connectivity index (χ0) is 14.4. The third-order valence-electron chi connectivity index (χ3n) is 3.53. The van der Waals surface area contributed by atoms with E-state index in [1.54, 1.807) is 11.3 Å². The van der Waals surface area contributed by atoms with Crippen molar-refractivity contribution in [1.82, 2.24) is 10.3 Å². The summed E-state index contributed by atoms with van der Waals surface area (Å²) in [6, 6.07) is 10.7. The molecule has 0 saturated carbocycles. The van der Waals surface area contributed by atoms with Crippen molar-refractivity contribution in [2.24, 2.45) is 0 Å². The minimum Gasteiger partial charge on any atom is -0.306 e. The summed E-state index contributed by atoms with van der Waals surface area (Å²) in [6.45, 7) is 7.55. The molecule has 1 aromatic carbocycles. The molecule has 1 heterocycles. The van der Waals surface area contributed by atoms with Crippen molar-refractivity contribution in [3.05, 3.63) is 52.0 Å². The minimum absolute atomic E-state index is 0.131.